The molecule has 1 aromatic heterocycles. The molecule has 0 bridgehead atoms. The number of nitro benzene ring substituents is 1. The van der Waals surface area contributed by atoms with Crippen molar-refractivity contribution in [1.29, 1.82) is 0 Å². The molecule has 1 amide bonds. The first-order valence-corrected chi connectivity index (χ1v) is 7.88. The summed E-state index contributed by atoms with van der Waals surface area (Å²) in [4.78, 5) is 27.0. The van der Waals surface area contributed by atoms with Gasteiger partial charge in [-0.25, -0.2) is 4.98 Å². The molecule has 3 aromatic rings. The Balaban J connectivity index is 1.90. The fourth-order valence-corrected chi connectivity index (χ4v) is 3.27. The molecule has 0 fully saturated rings. The van der Waals surface area contributed by atoms with Crippen molar-refractivity contribution in [3.05, 3.63) is 57.1 Å². The Hall–Kier alpha value is -2.71. The molecule has 9 heteroatoms. The number of fused-ring (bicyclic) bond motifs is 1. The summed E-state index contributed by atoms with van der Waals surface area (Å²) in [7, 11) is 1.33. The number of methoxy groups -OCH3 is 1. The molecule has 0 unspecified atom stereocenters. The Morgan fingerprint density at radius 2 is 2.17 bits per heavy atom. The predicted octanol–water partition coefficient (Wildman–Crippen LogP) is 4.12. The molecular weight excluding hydrogens is 354 g/mol. The lowest BCUT2D eigenvalue weighted by Crippen LogP contribution is -2.12. The average Bonchev–Trinajstić information content (AvgIpc) is 2.98. The van der Waals surface area contributed by atoms with Crippen LogP contribution in [0.1, 0.15) is 10.4 Å². The molecule has 3 rings (SSSR count). The summed E-state index contributed by atoms with van der Waals surface area (Å²) in [5, 5.41) is 14.5. The third-order valence-corrected chi connectivity index (χ3v) is 4.47. The number of anilines is 1. The maximum Gasteiger partial charge on any atom is 0.311 e. The van der Waals surface area contributed by atoms with Crippen molar-refractivity contribution in [2.75, 3.05) is 12.4 Å². The lowest BCUT2D eigenvalue weighted by molar-refractivity contribution is -0.385. The molecule has 0 radical (unpaired) electrons. The summed E-state index contributed by atoms with van der Waals surface area (Å²) in [5.74, 6) is -0.417. The highest BCUT2D eigenvalue weighted by Crippen LogP contribution is 2.31. The fraction of sp³-hybridized carbons (Fsp3) is 0.0667. The van der Waals surface area contributed by atoms with E-state index in [1.54, 1.807) is 12.1 Å². The van der Waals surface area contributed by atoms with E-state index in [2.05, 4.69) is 10.3 Å². The van der Waals surface area contributed by atoms with Crippen molar-refractivity contribution in [2.45, 2.75) is 0 Å². The Morgan fingerprint density at radius 1 is 1.38 bits per heavy atom. The van der Waals surface area contributed by atoms with E-state index in [0.29, 0.717) is 15.7 Å². The van der Waals surface area contributed by atoms with Crippen molar-refractivity contribution >= 4 is 49.9 Å². The second kappa shape index (κ2) is 6.42. The van der Waals surface area contributed by atoms with E-state index in [1.807, 2.05) is 6.07 Å². The van der Waals surface area contributed by atoms with Gasteiger partial charge < -0.3 is 4.74 Å². The molecule has 0 saturated carbocycles. The maximum absolute atomic E-state index is 12.3. The SMILES string of the molecule is COc1ccc(C(=O)Nc2nc3c(Cl)cccc3s2)cc1[N+](=O)[O-]. The number of hydrogen-bond donors (Lipinski definition) is 1. The van der Waals surface area contributed by atoms with Gasteiger partial charge in [-0.2, -0.15) is 0 Å². The second-order valence-electron chi connectivity index (χ2n) is 4.70. The number of carbonyl (C=O) groups is 1. The van der Waals surface area contributed by atoms with Crippen molar-refractivity contribution in [2.24, 2.45) is 0 Å². The third kappa shape index (κ3) is 3.01. The number of nitrogens with zero attached hydrogens (tertiary/aromatic N) is 2. The Bertz CT molecular complexity index is 957. The van der Waals surface area contributed by atoms with E-state index < -0.39 is 10.8 Å². The number of halogens is 1. The van der Waals surface area contributed by atoms with Gasteiger partial charge in [-0.05, 0) is 24.3 Å². The van der Waals surface area contributed by atoms with Crippen LogP contribution in [0.15, 0.2) is 36.4 Å². The number of nitro groups is 1. The first-order valence-electron chi connectivity index (χ1n) is 6.68. The molecule has 2 aromatic carbocycles. The molecule has 122 valence electrons. The standard InChI is InChI=1S/C15H10ClN3O4S/c1-23-11-6-5-8(7-10(11)19(21)22)14(20)18-15-17-13-9(16)3-2-4-12(13)24-15/h2-7H,1H3,(H,17,18,20). The van der Waals surface area contributed by atoms with Crippen molar-refractivity contribution in [1.82, 2.24) is 4.98 Å². The van der Waals surface area contributed by atoms with Crippen LogP contribution in [-0.2, 0) is 0 Å². The molecule has 0 saturated heterocycles. The maximum atomic E-state index is 12.3. The van der Waals surface area contributed by atoms with Gasteiger partial charge in [-0.15, -0.1) is 0 Å². The Morgan fingerprint density at radius 3 is 2.83 bits per heavy atom. The number of rotatable bonds is 4. The minimum Gasteiger partial charge on any atom is -0.490 e. The fourth-order valence-electron chi connectivity index (χ4n) is 2.11. The number of para-hydroxylation sites is 1. The molecule has 0 aliphatic heterocycles. The minimum atomic E-state index is -0.604. The van der Waals surface area contributed by atoms with Gasteiger partial charge in [-0.3, -0.25) is 20.2 Å². The zero-order chi connectivity index (χ0) is 17.3. The van der Waals surface area contributed by atoms with Gasteiger partial charge in [0.05, 0.1) is 21.8 Å². The van der Waals surface area contributed by atoms with Gasteiger partial charge in [0.15, 0.2) is 10.9 Å². The zero-order valence-electron chi connectivity index (χ0n) is 12.3. The van der Waals surface area contributed by atoms with Gasteiger partial charge in [0.25, 0.3) is 5.91 Å². The van der Waals surface area contributed by atoms with Crippen LogP contribution in [0.2, 0.25) is 5.02 Å². The monoisotopic (exact) mass is 363 g/mol. The quantitative estimate of drug-likeness (QED) is 0.555. The lowest BCUT2D eigenvalue weighted by Gasteiger charge is -2.04. The van der Waals surface area contributed by atoms with Gasteiger partial charge in [0, 0.05) is 11.6 Å². The number of benzene rings is 2. The van der Waals surface area contributed by atoms with E-state index >= 15 is 0 Å². The first-order chi connectivity index (χ1) is 11.5. The summed E-state index contributed by atoms with van der Waals surface area (Å²) in [6, 6.07) is 9.33. The number of aromatic nitrogens is 1. The molecule has 0 spiro atoms. The normalized spacial score (nSPS) is 10.6. The van der Waals surface area contributed by atoms with Crippen LogP contribution < -0.4 is 10.1 Å². The van der Waals surface area contributed by atoms with E-state index in [1.165, 1.54) is 30.6 Å². The van der Waals surface area contributed by atoms with Crippen molar-refractivity contribution in [3.63, 3.8) is 0 Å². The van der Waals surface area contributed by atoms with E-state index in [-0.39, 0.29) is 17.0 Å². The molecule has 24 heavy (non-hydrogen) atoms. The lowest BCUT2D eigenvalue weighted by atomic mass is 10.2. The zero-order valence-corrected chi connectivity index (χ0v) is 13.9. The molecule has 0 aliphatic carbocycles. The smallest absolute Gasteiger partial charge is 0.311 e. The highest BCUT2D eigenvalue weighted by atomic mass is 35.5. The summed E-state index contributed by atoms with van der Waals surface area (Å²) in [5.41, 5.74) is 0.450. The number of amides is 1. The number of nitrogens with one attached hydrogen (secondary N) is 1. The van der Waals surface area contributed by atoms with Crippen molar-refractivity contribution in [3.8, 4) is 5.75 Å². The second-order valence-corrected chi connectivity index (χ2v) is 6.14. The van der Waals surface area contributed by atoms with Crippen molar-refractivity contribution < 1.29 is 14.5 Å². The van der Waals surface area contributed by atoms with E-state index in [4.69, 9.17) is 16.3 Å². The molecule has 7 nitrogen and oxygen atoms in total. The number of ether oxygens (including phenoxy) is 1. The predicted molar refractivity (Wildman–Crippen MR) is 92.2 cm³/mol. The van der Waals surface area contributed by atoms with E-state index in [9.17, 15) is 14.9 Å². The summed E-state index contributed by atoms with van der Waals surface area (Å²) >= 11 is 7.32. The summed E-state index contributed by atoms with van der Waals surface area (Å²) in [6.45, 7) is 0. The highest BCUT2D eigenvalue weighted by Gasteiger charge is 2.19. The number of hydrogen-bond acceptors (Lipinski definition) is 6. The van der Waals surface area contributed by atoms with Crippen LogP contribution in [0.4, 0.5) is 10.8 Å². The molecule has 1 heterocycles. The van der Waals surface area contributed by atoms with Gasteiger partial charge >= 0.3 is 5.69 Å². The number of thiazole rings is 1. The summed E-state index contributed by atoms with van der Waals surface area (Å²) < 4.78 is 5.75. The molecular formula is C15H10ClN3O4S. The minimum absolute atomic E-state index is 0.0864. The van der Waals surface area contributed by atoms with Crippen LogP contribution in [0, 0.1) is 10.1 Å². The Labute approximate surface area is 145 Å². The molecule has 0 aliphatic rings. The molecule has 1 N–H and O–H groups in total. The number of carbonyl (C=O) groups excluding carboxylic acids is 1. The van der Waals surface area contributed by atoms with Gasteiger partial charge in [0.2, 0.25) is 0 Å². The Kier molecular flexibility index (Phi) is 4.32. The van der Waals surface area contributed by atoms with E-state index in [0.717, 1.165) is 10.8 Å². The third-order valence-electron chi connectivity index (χ3n) is 3.23. The summed E-state index contributed by atoms with van der Waals surface area (Å²) in [6.07, 6.45) is 0. The van der Waals surface area contributed by atoms with Crippen LogP contribution in [0.3, 0.4) is 0 Å². The van der Waals surface area contributed by atoms with Crippen LogP contribution in [0.5, 0.6) is 5.75 Å². The highest BCUT2D eigenvalue weighted by molar-refractivity contribution is 7.22. The first kappa shape index (κ1) is 16.2. The van der Waals surface area contributed by atoms with Gasteiger partial charge in [0.1, 0.15) is 5.52 Å². The largest absolute Gasteiger partial charge is 0.490 e. The van der Waals surface area contributed by atoms with Gasteiger partial charge in [-0.1, -0.05) is 29.0 Å². The molecule has 0 atom stereocenters. The van der Waals surface area contributed by atoms with Crippen LogP contribution in [-0.4, -0.2) is 22.9 Å². The average molecular weight is 364 g/mol. The topological polar surface area (TPSA) is 94.4 Å². The van der Waals surface area contributed by atoms with Crippen LogP contribution in [0.25, 0.3) is 10.2 Å². The van der Waals surface area contributed by atoms with Crippen LogP contribution >= 0.6 is 22.9 Å².